The van der Waals surface area contributed by atoms with Crippen LogP contribution in [-0.4, -0.2) is 77.6 Å². The van der Waals surface area contributed by atoms with Crippen LogP contribution < -0.4 is 0 Å². The molecule has 0 aromatic carbocycles. The van der Waals surface area contributed by atoms with Crippen molar-refractivity contribution in [2.75, 3.05) is 0 Å². The fourth-order valence-corrected chi connectivity index (χ4v) is 2.86. The first-order valence-corrected chi connectivity index (χ1v) is 8.02. The van der Waals surface area contributed by atoms with Gasteiger partial charge in [-0.2, -0.15) is 87.8 Å². The molecule has 2 saturated carbocycles. The summed E-state index contributed by atoms with van der Waals surface area (Å²) < 4.78 is 271. The maximum absolute atomic E-state index is 13.6. The normalized spacial score (nSPS) is 32.3. The van der Waals surface area contributed by atoms with E-state index in [9.17, 15) is 92.6 Å². The Morgan fingerprint density at radius 3 is 0.694 bits per heavy atom. The van der Waals surface area contributed by atoms with Crippen molar-refractivity contribution < 1.29 is 102 Å². The van der Waals surface area contributed by atoms with Gasteiger partial charge in [0.2, 0.25) is 12.2 Å². The van der Waals surface area contributed by atoms with E-state index in [1.807, 2.05) is 0 Å². The molecule has 0 bridgehead atoms. The predicted molar refractivity (Wildman–Crippen MR) is 64.6 cm³/mol. The van der Waals surface area contributed by atoms with Crippen LogP contribution in [0, 0.1) is 0 Å². The molecule has 0 heterocycles. The number of hydrogen-bond acceptors (Lipinski definition) is 3. The van der Waals surface area contributed by atoms with Gasteiger partial charge < -0.3 is 9.47 Å². The highest BCUT2D eigenvalue weighted by molar-refractivity contribution is 5.61. The Morgan fingerprint density at radius 2 is 0.528 bits per heavy atom. The highest BCUT2D eigenvalue weighted by Crippen LogP contribution is 2.67. The highest BCUT2D eigenvalue weighted by Gasteiger charge is 2.98. The lowest BCUT2D eigenvalue weighted by Crippen LogP contribution is -2.81. The average molecular weight is 586 g/mol. The van der Waals surface area contributed by atoms with Crippen molar-refractivity contribution in [3.05, 3.63) is 0 Å². The molecule has 0 saturated heterocycles. The van der Waals surface area contributed by atoms with Crippen molar-refractivity contribution in [2.45, 2.75) is 71.4 Å². The van der Waals surface area contributed by atoms with E-state index >= 15 is 0 Å². The van der Waals surface area contributed by atoms with Crippen LogP contribution in [0.1, 0.15) is 0 Å². The Balaban J connectivity index is 2.56. The van der Waals surface area contributed by atoms with Gasteiger partial charge in [-0.1, -0.05) is 0 Å². The van der Waals surface area contributed by atoms with Gasteiger partial charge in [-0.15, -0.1) is 0 Å². The number of halogens is 20. The van der Waals surface area contributed by atoms with E-state index in [4.69, 9.17) is 0 Å². The van der Waals surface area contributed by atoms with Gasteiger partial charge in [-0.05, 0) is 0 Å². The quantitative estimate of drug-likeness (QED) is 0.284. The molecule has 2 aliphatic carbocycles. The van der Waals surface area contributed by atoms with Crippen molar-refractivity contribution >= 4 is 6.16 Å². The van der Waals surface area contributed by atoms with Crippen LogP contribution in [0.25, 0.3) is 0 Å². The first kappa shape index (κ1) is 30.1. The smallest absolute Gasteiger partial charge is 0.417 e. The molecule has 2 fully saturated rings. The third kappa shape index (κ3) is 2.93. The first-order valence-electron chi connectivity index (χ1n) is 8.02. The van der Waals surface area contributed by atoms with Crippen LogP contribution in [0.4, 0.5) is 92.6 Å². The summed E-state index contributed by atoms with van der Waals surface area (Å²) in [4.78, 5) is 11.2. The summed E-state index contributed by atoms with van der Waals surface area (Å²) in [5.41, 5.74) is 0. The zero-order chi connectivity index (χ0) is 29.1. The number of hydrogen-bond donors (Lipinski definition) is 0. The number of carbonyl (C=O) groups is 1. The van der Waals surface area contributed by atoms with Crippen LogP contribution in [0.3, 0.4) is 0 Å². The Kier molecular flexibility index (Phi) is 5.88. The maximum Gasteiger partial charge on any atom is 0.509 e. The second kappa shape index (κ2) is 7.04. The molecule has 0 N–H and O–H groups in total. The fourth-order valence-electron chi connectivity index (χ4n) is 2.86. The minimum Gasteiger partial charge on any atom is -0.417 e. The molecule has 0 unspecified atom stereocenters. The summed E-state index contributed by atoms with van der Waals surface area (Å²) in [5, 5.41) is 0. The standard InChI is InChI=1S/C13H2F20O3/c14-4(15)1(5(16,17)9(24,25)12(30,31)8(4,22)23)35-3(34)36-2-6(18,19)10(26,27)13(32,33)11(28,29)7(2,20)21/h1-2H. The van der Waals surface area contributed by atoms with Gasteiger partial charge in [0.15, 0.2) is 0 Å². The lowest BCUT2D eigenvalue weighted by molar-refractivity contribution is -0.475. The van der Waals surface area contributed by atoms with E-state index < -0.39 is 77.6 Å². The van der Waals surface area contributed by atoms with Crippen LogP contribution in [0.5, 0.6) is 0 Å². The largest absolute Gasteiger partial charge is 0.509 e. The van der Waals surface area contributed by atoms with E-state index in [-0.39, 0.29) is 0 Å². The molecule has 0 aliphatic heterocycles. The third-order valence-corrected chi connectivity index (χ3v) is 5.00. The Labute approximate surface area is 181 Å². The summed E-state index contributed by atoms with van der Waals surface area (Å²) in [6.45, 7) is 0. The lowest BCUT2D eigenvalue weighted by Gasteiger charge is -2.49. The minimum atomic E-state index is -7.67. The molecule has 212 valence electrons. The third-order valence-electron chi connectivity index (χ3n) is 5.00. The molecule has 36 heavy (non-hydrogen) atoms. The molecule has 3 nitrogen and oxygen atoms in total. The van der Waals surface area contributed by atoms with Crippen LogP contribution >= 0.6 is 0 Å². The number of rotatable bonds is 2. The van der Waals surface area contributed by atoms with Gasteiger partial charge in [0, 0.05) is 0 Å². The molecule has 2 rings (SSSR count). The monoisotopic (exact) mass is 586 g/mol. The van der Waals surface area contributed by atoms with Gasteiger partial charge in [0.25, 0.3) is 0 Å². The Morgan fingerprint density at radius 1 is 0.361 bits per heavy atom. The van der Waals surface area contributed by atoms with Gasteiger partial charge in [0.05, 0.1) is 0 Å². The van der Waals surface area contributed by atoms with Crippen molar-refractivity contribution in [3.8, 4) is 0 Å². The summed E-state index contributed by atoms with van der Waals surface area (Å²) in [6, 6.07) is 0. The van der Waals surface area contributed by atoms with Gasteiger partial charge in [0.1, 0.15) is 0 Å². The summed E-state index contributed by atoms with van der Waals surface area (Å²) in [5.74, 6) is -75.2. The van der Waals surface area contributed by atoms with Gasteiger partial charge in [-0.3, -0.25) is 0 Å². The van der Waals surface area contributed by atoms with Crippen LogP contribution in [-0.2, 0) is 9.47 Å². The summed E-state index contributed by atoms with van der Waals surface area (Å²) >= 11 is 0. The maximum atomic E-state index is 13.6. The summed E-state index contributed by atoms with van der Waals surface area (Å²) in [7, 11) is 0. The number of alkyl halides is 20. The molecule has 0 atom stereocenters. The van der Waals surface area contributed by atoms with E-state index in [0.717, 1.165) is 0 Å². The van der Waals surface area contributed by atoms with E-state index in [0.29, 0.717) is 0 Å². The number of carbonyl (C=O) groups excluding carboxylic acids is 1. The average Bonchev–Trinajstić information content (AvgIpc) is 2.66. The molecule has 0 aromatic heterocycles. The lowest BCUT2D eigenvalue weighted by atomic mass is 9.80. The van der Waals surface area contributed by atoms with Gasteiger partial charge in [-0.25, -0.2) is 4.79 Å². The van der Waals surface area contributed by atoms with Crippen molar-refractivity contribution in [3.63, 3.8) is 0 Å². The van der Waals surface area contributed by atoms with E-state index in [1.54, 1.807) is 0 Å². The summed E-state index contributed by atoms with van der Waals surface area (Å²) in [6.07, 6.45) is -16.2. The first-order chi connectivity index (χ1) is 15.4. The highest BCUT2D eigenvalue weighted by atomic mass is 19.4. The minimum absolute atomic E-state index is 2.37. The van der Waals surface area contributed by atoms with Crippen LogP contribution in [0.15, 0.2) is 0 Å². The van der Waals surface area contributed by atoms with E-state index in [1.165, 1.54) is 0 Å². The molecule has 0 aromatic rings. The zero-order valence-electron chi connectivity index (χ0n) is 15.4. The molecular formula is C13H2F20O3. The SMILES string of the molecule is O=C(OC1C(F)(F)C(F)(F)C(F)(F)C(F)(F)C1(F)F)OC1C(F)(F)C(F)(F)C(F)(F)C(F)(F)C1(F)F. The number of ether oxygens (including phenoxy) is 2. The second-order valence-electron chi connectivity index (χ2n) is 7.18. The Bertz CT molecular complexity index is 790. The fraction of sp³-hybridized carbons (Fsp3) is 0.923. The topological polar surface area (TPSA) is 35.5 Å². The predicted octanol–water partition coefficient (Wildman–Crippen LogP) is 6.26. The van der Waals surface area contributed by atoms with Crippen molar-refractivity contribution in [1.82, 2.24) is 0 Å². The molecule has 0 radical (unpaired) electrons. The van der Waals surface area contributed by atoms with Crippen LogP contribution in [0.2, 0.25) is 0 Å². The molecule has 0 spiro atoms. The molecule has 23 heteroatoms. The van der Waals surface area contributed by atoms with Gasteiger partial charge >= 0.3 is 65.4 Å². The Hall–Kier alpha value is -2.13. The van der Waals surface area contributed by atoms with Crippen molar-refractivity contribution in [1.29, 1.82) is 0 Å². The zero-order valence-corrected chi connectivity index (χ0v) is 15.4. The van der Waals surface area contributed by atoms with E-state index in [2.05, 4.69) is 9.47 Å². The molecule has 2 aliphatic rings. The molecular weight excluding hydrogens is 584 g/mol. The molecule has 0 amide bonds. The second-order valence-corrected chi connectivity index (χ2v) is 7.18. The van der Waals surface area contributed by atoms with Crippen molar-refractivity contribution in [2.24, 2.45) is 0 Å².